The van der Waals surface area contributed by atoms with Gasteiger partial charge < -0.3 is 20.1 Å². The van der Waals surface area contributed by atoms with Gasteiger partial charge in [-0.05, 0) is 30.3 Å². The molecule has 2 aliphatic rings. The first kappa shape index (κ1) is 25.1. The van der Waals surface area contributed by atoms with E-state index in [0.717, 1.165) is 16.2 Å². The number of rotatable bonds is 9. The van der Waals surface area contributed by atoms with E-state index in [4.69, 9.17) is 4.74 Å². The van der Waals surface area contributed by atoms with Crippen LogP contribution in [0.5, 0.6) is 0 Å². The lowest BCUT2D eigenvalue weighted by molar-refractivity contribution is -0.119. The molecule has 2 unspecified atom stereocenters. The quantitative estimate of drug-likeness (QED) is 0.414. The summed E-state index contributed by atoms with van der Waals surface area (Å²) in [5, 5.41) is 17.7. The summed E-state index contributed by atoms with van der Waals surface area (Å²) in [4.78, 5) is 27.7. The van der Waals surface area contributed by atoms with Crippen LogP contribution < -0.4 is 15.1 Å². The van der Waals surface area contributed by atoms with E-state index < -0.39 is 24.1 Å². The van der Waals surface area contributed by atoms with Crippen LogP contribution in [0.1, 0.15) is 18.2 Å². The summed E-state index contributed by atoms with van der Waals surface area (Å²) in [5.74, 6) is -0.0834. The van der Waals surface area contributed by atoms with Crippen LogP contribution in [0.4, 0.5) is 20.6 Å². The molecule has 2 N–H and O–H groups in total. The molecule has 2 aliphatic heterocycles. The first-order valence-electron chi connectivity index (χ1n) is 12.0. The van der Waals surface area contributed by atoms with Gasteiger partial charge in [-0.15, -0.1) is 11.8 Å². The number of cyclic esters (lactones) is 1. The molecule has 5 rings (SSSR count). The topological polar surface area (TPSA) is 99.9 Å². The van der Waals surface area contributed by atoms with Crippen molar-refractivity contribution in [1.29, 1.82) is 0 Å². The third kappa shape index (κ3) is 5.89. The van der Waals surface area contributed by atoms with Crippen LogP contribution in [0.2, 0.25) is 0 Å². The number of amides is 2. The molecule has 11 heteroatoms. The number of halogens is 1. The van der Waals surface area contributed by atoms with Gasteiger partial charge in [0.25, 0.3) is 0 Å². The third-order valence-corrected chi connectivity index (χ3v) is 7.40. The second-order valence-corrected chi connectivity index (χ2v) is 10.2. The number of anilines is 2. The minimum atomic E-state index is -0.567. The van der Waals surface area contributed by atoms with Crippen LogP contribution >= 0.6 is 11.8 Å². The Balaban J connectivity index is 1.16. The van der Waals surface area contributed by atoms with Gasteiger partial charge in [0.15, 0.2) is 0 Å². The van der Waals surface area contributed by atoms with E-state index in [-0.39, 0.29) is 19.0 Å². The molecule has 37 heavy (non-hydrogen) atoms. The van der Waals surface area contributed by atoms with E-state index in [0.29, 0.717) is 36.8 Å². The van der Waals surface area contributed by atoms with Crippen LogP contribution in [0, 0.1) is 5.82 Å². The summed E-state index contributed by atoms with van der Waals surface area (Å²) in [7, 11) is 0. The van der Waals surface area contributed by atoms with E-state index in [1.54, 1.807) is 28.6 Å². The van der Waals surface area contributed by atoms with Crippen molar-refractivity contribution in [2.75, 3.05) is 28.6 Å². The van der Waals surface area contributed by atoms with E-state index in [1.165, 1.54) is 17.9 Å². The van der Waals surface area contributed by atoms with Crippen molar-refractivity contribution >= 4 is 35.1 Å². The smallest absolute Gasteiger partial charge is 0.414 e. The number of aromatic nitrogens is 2. The van der Waals surface area contributed by atoms with Crippen LogP contribution in [0.3, 0.4) is 0 Å². The predicted octanol–water partition coefficient (Wildman–Crippen LogP) is 3.16. The van der Waals surface area contributed by atoms with Crippen molar-refractivity contribution in [2.24, 2.45) is 0 Å². The van der Waals surface area contributed by atoms with Crippen molar-refractivity contribution in [3.05, 3.63) is 71.8 Å². The number of ether oxygens (including phenoxy) is 1. The van der Waals surface area contributed by atoms with Crippen molar-refractivity contribution in [3.63, 3.8) is 0 Å². The summed E-state index contributed by atoms with van der Waals surface area (Å²) >= 11 is 1.60. The summed E-state index contributed by atoms with van der Waals surface area (Å²) in [6.45, 7) is 3.19. The highest BCUT2D eigenvalue weighted by molar-refractivity contribution is 7.99. The first-order valence-corrected chi connectivity index (χ1v) is 13.0. The number of hydrogen-bond donors (Lipinski definition) is 2. The maximum absolute atomic E-state index is 15.1. The molecule has 0 radical (unpaired) electrons. The van der Waals surface area contributed by atoms with E-state index >= 15 is 4.39 Å². The second-order valence-electron chi connectivity index (χ2n) is 9.15. The minimum Gasteiger partial charge on any atom is -0.442 e. The molecular formula is C26H28FN5O4S. The van der Waals surface area contributed by atoms with Gasteiger partial charge in [-0.2, -0.15) is 5.10 Å². The molecule has 0 spiro atoms. The van der Waals surface area contributed by atoms with Gasteiger partial charge in [-0.25, -0.2) is 9.18 Å². The number of carbonyl (C=O) groups excluding carboxylic acids is 2. The van der Waals surface area contributed by atoms with Gasteiger partial charge in [0, 0.05) is 35.9 Å². The van der Waals surface area contributed by atoms with Gasteiger partial charge in [0.05, 0.1) is 49.4 Å². The molecule has 2 amide bonds. The third-order valence-electron chi connectivity index (χ3n) is 6.25. The molecule has 3 heterocycles. The summed E-state index contributed by atoms with van der Waals surface area (Å²) in [6, 6.07) is 14.6. The highest BCUT2D eigenvalue weighted by atomic mass is 32.2. The molecule has 194 valence electrons. The monoisotopic (exact) mass is 525 g/mol. The Labute approximate surface area is 218 Å². The van der Waals surface area contributed by atoms with Gasteiger partial charge in [-0.3, -0.25) is 14.4 Å². The number of fused-ring (bicyclic) bond motifs is 1. The molecule has 2 aromatic carbocycles. The largest absolute Gasteiger partial charge is 0.442 e. The van der Waals surface area contributed by atoms with Crippen molar-refractivity contribution in [2.45, 2.75) is 43.7 Å². The maximum atomic E-state index is 15.1. The number of nitrogens with zero attached hydrogens (tertiary/aromatic N) is 4. The summed E-state index contributed by atoms with van der Waals surface area (Å²) in [5.41, 5.74) is 2.68. The van der Waals surface area contributed by atoms with Crippen molar-refractivity contribution in [3.8, 4) is 0 Å². The Kier molecular flexibility index (Phi) is 7.33. The normalized spacial score (nSPS) is 17.6. The number of aliphatic hydroxyl groups excluding tert-OH is 1. The predicted molar refractivity (Wildman–Crippen MR) is 138 cm³/mol. The SMILES string of the molecule is CC(=O)NCC1CN(c2ccc(N3Cc4cn(CC(O)CSc5ccccc5)nc4C3)c(F)c2)C(=O)O1. The number of carbonyl (C=O) groups is 2. The fraction of sp³-hybridized carbons (Fsp3) is 0.346. The van der Waals surface area contributed by atoms with Crippen LogP contribution in [-0.4, -0.2) is 57.9 Å². The molecule has 3 aromatic rings. The molecule has 0 saturated carbocycles. The zero-order valence-electron chi connectivity index (χ0n) is 20.3. The number of hydrogen-bond acceptors (Lipinski definition) is 7. The van der Waals surface area contributed by atoms with Crippen LogP contribution in [0.25, 0.3) is 0 Å². The van der Waals surface area contributed by atoms with E-state index in [2.05, 4.69) is 10.4 Å². The molecule has 0 aliphatic carbocycles. The van der Waals surface area contributed by atoms with Crippen molar-refractivity contribution in [1.82, 2.24) is 15.1 Å². The molecule has 0 bridgehead atoms. The zero-order valence-corrected chi connectivity index (χ0v) is 21.2. The van der Waals surface area contributed by atoms with Crippen LogP contribution in [0.15, 0.2) is 59.6 Å². The maximum Gasteiger partial charge on any atom is 0.414 e. The second kappa shape index (κ2) is 10.8. The minimum absolute atomic E-state index is 0.207. The molecule has 1 aromatic heterocycles. The highest BCUT2D eigenvalue weighted by Gasteiger charge is 2.33. The molecule has 1 fully saturated rings. The summed E-state index contributed by atoms with van der Waals surface area (Å²) < 4.78 is 22.1. The van der Waals surface area contributed by atoms with Gasteiger partial charge in [0.1, 0.15) is 11.9 Å². The summed E-state index contributed by atoms with van der Waals surface area (Å²) in [6.07, 6.45) is 0.317. The Hall–Kier alpha value is -3.57. The van der Waals surface area contributed by atoms with E-state index in [1.807, 2.05) is 41.4 Å². The average molecular weight is 526 g/mol. The first-order chi connectivity index (χ1) is 17.9. The molecule has 1 saturated heterocycles. The Morgan fingerprint density at radius 2 is 2.08 bits per heavy atom. The Bertz CT molecular complexity index is 1260. The Morgan fingerprint density at radius 3 is 2.81 bits per heavy atom. The number of benzene rings is 2. The highest BCUT2D eigenvalue weighted by Crippen LogP contribution is 2.33. The standard InChI is InChI=1S/C26H28FN5O4S/c1-17(33)28-10-21-14-32(26(35)36-21)19-7-8-25(23(27)9-19)30-11-18-12-31(29-24(18)15-30)13-20(34)16-37-22-5-3-2-4-6-22/h2-9,12,20-21,34H,10-11,13-16H2,1H3,(H,28,33). The van der Waals surface area contributed by atoms with Gasteiger partial charge >= 0.3 is 6.09 Å². The molecular weight excluding hydrogens is 497 g/mol. The average Bonchev–Trinajstić information content (AvgIpc) is 3.55. The number of thioether (sulfide) groups is 1. The van der Waals surface area contributed by atoms with E-state index in [9.17, 15) is 14.7 Å². The fourth-order valence-corrected chi connectivity index (χ4v) is 5.31. The lowest BCUT2D eigenvalue weighted by Crippen LogP contribution is -2.33. The fourth-order valence-electron chi connectivity index (χ4n) is 4.47. The van der Waals surface area contributed by atoms with Gasteiger partial charge in [0.2, 0.25) is 5.91 Å². The van der Waals surface area contributed by atoms with Crippen LogP contribution in [-0.2, 0) is 29.2 Å². The molecule has 9 nitrogen and oxygen atoms in total. The zero-order chi connectivity index (χ0) is 25.9. The van der Waals surface area contributed by atoms with Crippen molar-refractivity contribution < 1.29 is 23.8 Å². The Morgan fingerprint density at radius 1 is 1.27 bits per heavy atom. The lowest BCUT2D eigenvalue weighted by atomic mass is 10.2. The molecule has 2 atom stereocenters. The lowest BCUT2D eigenvalue weighted by Gasteiger charge is -2.21. The number of nitrogens with one attached hydrogen (secondary N) is 1. The number of aliphatic hydroxyl groups is 1. The van der Waals surface area contributed by atoms with Gasteiger partial charge in [-0.1, -0.05) is 18.2 Å².